The van der Waals surface area contributed by atoms with Crippen molar-refractivity contribution in [2.24, 2.45) is 0 Å². The molecule has 8 heteroatoms. The summed E-state index contributed by atoms with van der Waals surface area (Å²) in [5.74, 6) is 0.913. The summed E-state index contributed by atoms with van der Waals surface area (Å²) in [6.45, 7) is 4.19. The number of benzene rings is 2. The molecule has 0 bridgehead atoms. The number of amides is 1. The van der Waals surface area contributed by atoms with Gasteiger partial charge in [0.1, 0.15) is 0 Å². The second-order valence-electron chi connectivity index (χ2n) is 6.73. The molecule has 0 aliphatic rings. The van der Waals surface area contributed by atoms with E-state index in [1.165, 1.54) is 21.8 Å². The van der Waals surface area contributed by atoms with Crippen molar-refractivity contribution in [3.63, 3.8) is 0 Å². The average molecular weight is 443 g/mol. The lowest BCUT2D eigenvalue weighted by atomic mass is 10.1. The topological polar surface area (TPSA) is 59.8 Å². The number of anilines is 1. The quantitative estimate of drug-likeness (QED) is 0.365. The third-order valence-corrected chi connectivity index (χ3v) is 6.62. The van der Waals surface area contributed by atoms with E-state index in [-0.39, 0.29) is 17.7 Å². The number of hydrogen-bond acceptors (Lipinski definition) is 5. The number of nitrogens with one attached hydrogen (secondary N) is 1. The van der Waals surface area contributed by atoms with Gasteiger partial charge < -0.3 is 5.32 Å². The van der Waals surface area contributed by atoms with Crippen molar-refractivity contribution in [3.05, 3.63) is 58.9 Å². The molecule has 0 fully saturated rings. The van der Waals surface area contributed by atoms with Crippen LogP contribution in [-0.4, -0.2) is 26.4 Å². The smallest absolute Gasteiger partial charge is 0.234 e. The molecule has 0 unspecified atom stereocenters. The number of fused-ring (bicyclic) bond motifs is 1. The summed E-state index contributed by atoms with van der Waals surface area (Å²) in [5, 5.41) is 16.2. The van der Waals surface area contributed by atoms with Crippen LogP contribution in [0.5, 0.6) is 0 Å². The monoisotopic (exact) mass is 442 g/mol. The Bertz CT molecular complexity index is 1170. The van der Waals surface area contributed by atoms with Crippen LogP contribution < -0.4 is 5.32 Å². The number of thioether (sulfide) groups is 1. The minimum Gasteiger partial charge on any atom is -0.324 e. The predicted molar refractivity (Wildman–Crippen MR) is 122 cm³/mol. The Labute approximate surface area is 182 Å². The second kappa shape index (κ2) is 8.57. The molecule has 148 valence electrons. The Kier molecular flexibility index (Phi) is 5.89. The van der Waals surface area contributed by atoms with E-state index in [1.54, 1.807) is 23.5 Å². The van der Waals surface area contributed by atoms with Gasteiger partial charge in [0.05, 0.1) is 16.5 Å². The fourth-order valence-corrected chi connectivity index (χ4v) is 5.04. The molecule has 0 saturated heterocycles. The molecule has 29 heavy (non-hydrogen) atoms. The lowest BCUT2D eigenvalue weighted by molar-refractivity contribution is -0.113. The normalized spacial score (nSPS) is 11.3. The largest absolute Gasteiger partial charge is 0.324 e. The van der Waals surface area contributed by atoms with Crippen LogP contribution >= 0.6 is 34.7 Å². The highest BCUT2D eigenvalue weighted by Crippen LogP contribution is 2.35. The van der Waals surface area contributed by atoms with E-state index in [0.717, 1.165) is 16.5 Å². The summed E-state index contributed by atoms with van der Waals surface area (Å²) in [7, 11) is 0. The number of nitrogens with zero attached hydrogens (tertiary/aromatic N) is 3. The van der Waals surface area contributed by atoms with Crippen LogP contribution in [0.3, 0.4) is 0 Å². The Morgan fingerprint density at radius 1 is 1.17 bits per heavy atom. The molecule has 4 rings (SSSR count). The predicted octanol–water partition coefficient (Wildman–Crippen LogP) is 6.12. The number of carbonyl (C=O) groups excluding carboxylic acids is 1. The van der Waals surface area contributed by atoms with E-state index >= 15 is 0 Å². The lowest BCUT2D eigenvalue weighted by Crippen LogP contribution is -2.15. The van der Waals surface area contributed by atoms with Gasteiger partial charge in [-0.2, -0.15) is 0 Å². The molecular formula is C21H19ClN4OS2. The number of rotatable bonds is 6. The van der Waals surface area contributed by atoms with Gasteiger partial charge in [0.15, 0.2) is 11.0 Å². The van der Waals surface area contributed by atoms with Crippen LogP contribution in [0.4, 0.5) is 5.69 Å². The van der Waals surface area contributed by atoms with Crippen LogP contribution in [0.15, 0.2) is 59.1 Å². The summed E-state index contributed by atoms with van der Waals surface area (Å²) < 4.78 is 3.30. The molecule has 0 radical (unpaired) electrons. The number of aromatic nitrogens is 3. The Morgan fingerprint density at radius 3 is 2.72 bits per heavy atom. The summed E-state index contributed by atoms with van der Waals surface area (Å²) >= 11 is 9.18. The molecule has 5 nitrogen and oxygen atoms in total. The first-order valence-corrected chi connectivity index (χ1v) is 11.4. The zero-order valence-electron chi connectivity index (χ0n) is 15.9. The van der Waals surface area contributed by atoms with Crippen LogP contribution in [0.2, 0.25) is 5.02 Å². The third-order valence-electron chi connectivity index (χ3n) is 4.38. The molecule has 4 aromatic rings. The zero-order chi connectivity index (χ0) is 20.4. The first-order valence-electron chi connectivity index (χ1n) is 9.13. The Morgan fingerprint density at radius 2 is 1.93 bits per heavy atom. The fraction of sp³-hybridized carbons (Fsp3) is 0.190. The highest BCUT2D eigenvalue weighted by molar-refractivity contribution is 7.99. The molecule has 0 atom stereocenters. The van der Waals surface area contributed by atoms with Gasteiger partial charge >= 0.3 is 0 Å². The van der Waals surface area contributed by atoms with Gasteiger partial charge in [-0.1, -0.05) is 53.7 Å². The first kappa shape index (κ1) is 19.9. The van der Waals surface area contributed by atoms with Crippen molar-refractivity contribution in [1.82, 2.24) is 14.8 Å². The van der Waals surface area contributed by atoms with Crippen LogP contribution in [0.25, 0.3) is 21.5 Å². The van der Waals surface area contributed by atoms with Gasteiger partial charge in [-0.3, -0.25) is 9.36 Å². The SMILES string of the molecule is CC(C)n1c(SCC(=O)Nc2ccccc2Cl)nnc1-c1csc2ccccc12. The molecule has 2 heterocycles. The maximum absolute atomic E-state index is 12.4. The standard InChI is InChI=1S/C21H19ClN4OS2/c1-13(2)26-20(15-11-28-18-10-6-3-7-14(15)18)24-25-21(26)29-12-19(27)23-17-9-5-4-8-16(17)22/h3-11,13H,12H2,1-2H3,(H,23,27). The van der Waals surface area contributed by atoms with Crippen LogP contribution in [0.1, 0.15) is 19.9 Å². The molecule has 1 amide bonds. The van der Waals surface area contributed by atoms with E-state index in [0.29, 0.717) is 10.7 Å². The second-order valence-corrected chi connectivity index (χ2v) is 8.99. The molecule has 1 N–H and O–H groups in total. The van der Waals surface area contributed by atoms with Gasteiger partial charge in [0.25, 0.3) is 0 Å². The van der Waals surface area contributed by atoms with E-state index in [2.05, 4.69) is 51.4 Å². The van der Waals surface area contributed by atoms with Gasteiger partial charge in [0.2, 0.25) is 5.91 Å². The van der Waals surface area contributed by atoms with E-state index in [1.807, 2.05) is 24.3 Å². The van der Waals surface area contributed by atoms with Gasteiger partial charge in [-0.15, -0.1) is 21.5 Å². The van der Waals surface area contributed by atoms with E-state index in [9.17, 15) is 4.79 Å². The molecule has 0 aliphatic heterocycles. The summed E-state index contributed by atoms with van der Waals surface area (Å²) in [6.07, 6.45) is 0. The van der Waals surface area contributed by atoms with E-state index < -0.39 is 0 Å². The Hall–Kier alpha value is -2.35. The molecule has 2 aromatic carbocycles. The number of thiophene rings is 1. The van der Waals surface area contributed by atoms with Crippen molar-refractivity contribution in [3.8, 4) is 11.4 Å². The lowest BCUT2D eigenvalue weighted by Gasteiger charge is -2.13. The van der Waals surface area contributed by atoms with Crippen molar-refractivity contribution < 1.29 is 4.79 Å². The maximum Gasteiger partial charge on any atom is 0.234 e. The number of halogens is 1. The summed E-state index contributed by atoms with van der Waals surface area (Å²) in [6, 6.07) is 15.6. The van der Waals surface area contributed by atoms with Gasteiger partial charge in [-0.25, -0.2) is 0 Å². The maximum atomic E-state index is 12.4. The molecule has 0 saturated carbocycles. The van der Waals surface area contributed by atoms with Gasteiger partial charge in [0, 0.05) is 27.1 Å². The summed E-state index contributed by atoms with van der Waals surface area (Å²) in [4.78, 5) is 12.4. The van der Waals surface area contributed by atoms with Crippen molar-refractivity contribution in [2.75, 3.05) is 11.1 Å². The molecular weight excluding hydrogens is 424 g/mol. The zero-order valence-corrected chi connectivity index (χ0v) is 18.3. The van der Waals surface area contributed by atoms with Crippen molar-refractivity contribution in [2.45, 2.75) is 25.0 Å². The minimum atomic E-state index is -0.135. The minimum absolute atomic E-state index is 0.135. The average Bonchev–Trinajstić information content (AvgIpc) is 3.32. The third kappa shape index (κ3) is 4.17. The highest BCUT2D eigenvalue weighted by atomic mass is 35.5. The van der Waals surface area contributed by atoms with E-state index in [4.69, 9.17) is 11.6 Å². The molecule has 0 aliphatic carbocycles. The molecule has 0 spiro atoms. The van der Waals surface area contributed by atoms with Crippen LogP contribution in [-0.2, 0) is 4.79 Å². The Balaban J connectivity index is 1.56. The fourth-order valence-electron chi connectivity index (χ4n) is 3.05. The summed E-state index contributed by atoms with van der Waals surface area (Å²) in [5.41, 5.74) is 1.68. The number of carbonyl (C=O) groups is 1. The van der Waals surface area contributed by atoms with Crippen molar-refractivity contribution in [1.29, 1.82) is 0 Å². The van der Waals surface area contributed by atoms with Crippen molar-refractivity contribution >= 4 is 56.4 Å². The molecule has 2 aromatic heterocycles. The number of hydrogen-bond donors (Lipinski definition) is 1. The number of para-hydroxylation sites is 1. The van der Waals surface area contributed by atoms with Crippen LogP contribution in [0, 0.1) is 0 Å². The van der Waals surface area contributed by atoms with Gasteiger partial charge in [-0.05, 0) is 32.0 Å². The highest BCUT2D eigenvalue weighted by Gasteiger charge is 2.20. The first-order chi connectivity index (χ1) is 14.0.